The first-order valence-corrected chi connectivity index (χ1v) is 8.23. The fourth-order valence-electron chi connectivity index (χ4n) is 3.07. The second-order valence-corrected chi connectivity index (χ2v) is 5.56. The zero-order valence-corrected chi connectivity index (χ0v) is 12.5. The van der Waals surface area contributed by atoms with E-state index in [1.54, 1.807) is 0 Å². The van der Waals surface area contributed by atoms with Crippen molar-refractivity contribution in [2.45, 2.75) is 90.2 Å². The fourth-order valence-corrected chi connectivity index (χ4v) is 3.07. The Morgan fingerprint density at radius 3 is 1.94 bits per heavy atom. The van der Waals surface area contributed by atoms with Crippen molar-refractivity contribution in [2.75, 3.05) is 13.2 Å². The Hall–Kier alpha value is -0.0800. The molecule has 0 amide bonds. The molecule has 1 N–H and O–H groups in total. The van der Waals surface area contributed by atoms with Crippen molar-refractivity contribution < 1.29 is 4.74 Å². The van der Waals surface area contributed by atoms with E-state index < -0.39 is 0 Å². The molecule has 2 atom stereocenters. The van der Waals surface area contributed by atoms with Gasteiger partial charge in [-0.25, -0.2) is 0 Å². The Bertz CT molecular complexity index is 164. The van der Waals surface area contributed by atoms with E-state index in [9.17, 15) is 0 Å². The molecule has 1 aliphatic carbocycles. The van der Waals surface area contributed by atoms with Gasteiger partial charge in [0.2, 0.25) is 0 Å². The molecular weight excluding hydrogens is 222 g/mol. The molecule has 0 aromatic rings. The van der Waals surface area contributed by atoms with Gasteiger partial charge in [-0.2, -0.15) is 0 Å². The first-order valence-electron chi connectivity index (χ1n) is 8.23. The molecule has 0 spiro atoms. The van der Waals surface area contributed by atoms with Gasteiger partial charge in [0.15, 0.2) is 0 Å². The predicted octanol–water partition coefficient (Wildman–Crippen LogP) is 4.28. The van der Waals surface area contributed by atoms with E-state index in [-0.39, 0.29) is 0 Å². The molecule has 1 saturated carbocycles. The van der Waals surface area contributed by atoms with Crippen molar-refractivity contribution in [1.82, 2.24) is 5.32 Å². The lowest BCUT2D eigenvalue weighted by molar-refractivity contribution is 0.0242. The molecular formula is C16H33NO. The summed E-state index contributed by atoms with van der Waals surface area (Å²) >= 11 is 0. The van der Waals surface area contributed by atoms with Crippen LogP contribution in [0.15, 0.2) is 0 Å². The Labute approximate surface area is 114 Å². The van der Waals surface area contributed by atoms with Gasteiger partial charge in [-0.3, -0.25) is 0 Å². The van der Waals surface area contributed by atoms with Gasteiger partial charge in [0.05, 0.1) is 6.10 Å². The molecule has 0 bridgehead atoms. The van der Waals surface area contributed by atoms with Gasteiger partial charge in [-0.05, 0) is 26.3 Å². The van der Waals surface area contributed by atoms with Crippen LogP contribution in [-0.2, 0) is 4.74 Å². The SMILES string of the molecule is CCNC1CCCCCCCCCCC1OCC. The second-order valence-electron chi connectivity index (χ2n) is 5.56. The quantitative estimate of drug-likeness (QED) is 0.809. The number of hydrogen-bond acceptors (Lipinski definition) is 2. The fraction of sp³-hybridized carbons (Fsp3) is 1.00. The van der Waals surface area contributed by atoms with Gasteiger partial charge >= 0.3 is 0 Å². The lowest BCUT2D eigenvalue weighted by atomic mass is 9.95. The second kappa shape index (κ2) is 10.8. The standard InChI is InChI=1S/C16H33NO/c1-3-17-15-13-11-9-7-5-6-8-10-12-14-16(15)18-4-2/h15-17H,3-14H2,1-2H3. The van der Waals surface area contributed by atoms with Gasteiger partial charge in [-0.1, -0.05) is 58.3 Å². The lowest BCUT2D eigenvalue weighted by Gasteiger charge is -2.28. The summed E-state index contributed by atoms with van der Waals surface area (Å²) in [6.45, 7) is 6.25. The molecule has 0 heterocycles. The highest BCUT2D eigenvalue weighted by molar-refractivity contribution is 4.77. The minimum Gasteiger partial charge on any atom is -0.377 e. The number of rotatable bonds is 4. The normalized spacial score (nSPS) is 28.3. The summed E-state index contributed by atoms with van der Waals surface area (Å²) in [5.41, 5.74) is 0. The first kappa shape index (κ1) is 16.0. The average Bonchev–Trinajstić information content (AvgIpc) is 2.36. The summed E-state index contributed by atoms with van der Waals surface area (Å²) in [7, 11) is 0. The lowest BCUT2D eigenvalue weighted by Crippen LogP contribution is -2.41. The predicted molar refractivity (Wildman–Crippen MR) is 79.0 cm³/mol. The maximum absolute atomic E-state index is 5.99. The van der Waals surface area contributed by atoms with Crippen molar-refractivity contribution in [3.63, 3.8) is 0 Å². The van der Waals surface area contributed by atoms with E-state index in [4.69, 9.17) is 4.74 Å². The van der Waals surface area contributed by atoms with Crippen LogP contribution in [-0.4, -0.2) is 25.3 Å². The highest BCUT2D eigenvalue weighted by atomic mass is 16.5. The number of ether oxygens (including phenoxy) is 1. The molecule has 0 aromatic heterocycles. The maximum atomic E-state index is 5.99. The minimum absolute atomic E-state index is 0.439. The van der Waals surface area contributed by atoms with E-state index in [1.165, 1.54) is 64.2 Å². The van der Waals surface area contributed by atoms with Crippen molar-refractivity contribution in [3.05, 3.63) is 0 Å². The summed E-state index contributed by atoms with van der Waals surface area (Å²) < 4.78 is 5.99. The number of likely N-dealkylation sites (N-methyl/N-ethyl adjacent to an activating group) is 1. The van der Waals surface area contributed by atoms with Crippen molar-refractivity contribution in [2.24, 2.45) is 0 Å². The summed E-state index contributed by atoms with van der Waals surface area (Å²) in [4.78, 5) is 0. The van der Waals surface area contributed by atoms with Crippen molar-refractivity contribution in [3.8, 4) is 0 Å². The Kier molecular flexibility index (Phi) is 9.59. The molecule has 0 aromatic carbocycles. The molecule has 2 heteroatoms. The minimum atomic E-state index is 0.439. The van der Waals surface area contributed by atoms with Crippen LogP contribution in [0.1, 0.15) is 78.1 Å². The number of nitrogens with one attached hydrogen (secondary N) is 1. The van der Waals surface area contributed by atoms with Gasteiger partial charge in [0.1, 0.15) is 0 Å². The van der Waals surface area contributed by atoms with Gasteiger partial charge in [0.25, 0.3) is 0 Å². The molecule has 1 fully saturated rings. The Morgan fingerprint density at radius 2 is 1.39 bits per heavy atom. The molecule has 108 valence electrons. The maximum Gasteiger partial charge on any atom is 0.0727 e. The van der Waals surface area contributed by atoms with E-state index in [2.05, 4.69) is 19.2 Å². The molecule has 18 heavy (non-hydrogen) atoms. The first-order chi connectivity index (χ1) is 8.88. The monoisotopic (exact) mass is 255 g/mol. The molecule has 1 rings (SSSR count). The number of hydrogen-bond donors (Lipinski definition) is 1. The van der Waals surface area contributed by atoms with Crippen LogP contribution >= 0.6 is 0 Å². The largest absolute Gasteiger partial charge is 0.377 e. The van der Waals surface area contributed by atoms with E-state index in [0.717, 1.165) is 13.2 Å². The van der Waals surface area contributed by atoms with E-state index >= 15 is 0 Å². The van der Waals surface area contributed by atoms with Crippen molar-refractivity contribution >= 4 is 0 Å². The van der Waals surface area contributed by atoms with Gasteiger partial charge < -0.3 is 10.1 Å². The molecule has 0 aliphatic heterocycles. The molecule has 2 nitrogen and oxygen atoms in total. The highest BCUT2D eigenvalue weighted by Crippen LogP contribution is 2.19. The van der Waals surface area contributed by atoms with Gasteiger partial charge in [-0.15, -0.1) is 0 Å². The topological polar surface area (TPSA) is 21.3 Å². The molecule has 0 radical (unpaired) electrons. The molecule has 2 unspecified atom stereocenters. The van der Waals surface area contributed by atoms with Crippen LogP contribution in [0.2, 0.25) is 0 Å². The molecule has 0 saturated heterocycles. The summed E-state index contributed by atoms with van der Waals surface area (Å²) in [6, 6.07) is 0.578. The van der Waals surface area contributed by atoms with Crippen LogP contribution in [0.25, 0.3) is 0 Å². The Balaban J connectivity index is 2.46. The van der Waals surface area contributed by atoms with Crippen molar-refractivity contribution in [1.29, 1.82) is 0 Å². The zero-order valence-electron chi connectivity index (χ0n) is 12.5. The Morgan fingerprint density at radius 1 is 0.833 bits per heavy atom. The summed E-state index contributed by atoms with van der Waals surface area (Å²) in [5.74, 6) is 0. The smallest absolute Gasteiger partial charge is 0.0727 e. The third kappa shape index (κ3) is 6.75. The third-order valence-corrected chi connectivity index (χ3v) is 4.05. The van der Waals surface area contributed by atoms with Crippen LogP contribution in [0, 0.1) is 0 Å². The van der Waals surface area contributed by atoms with Crippen LogP contribution in [0.4, 0.5) is 0 Å². The average molecular weight is 255 g/mol. The van der Waals surface area contributed by atoms with Crippen LogP contribution in [0.5, 0.6) is 0 Å². The van der Waals surface area contributed by atoms with E-state index in [1.807, 2.05) is 0 Å². The van der Waals surface area contributed by atoms with Crippen LogP contribution < -0.4 is 5.32 Å². The third-order valence-electron chi connectivity index (χ3n) is 4.05. The molecule has 1 aliphatic rings. The van der Waals surface area contributed by atoms with E-state index in [0.29, 0.717) is 12.1 Å². The summed E-state index contributed by atoms with van der Waals surface area (Å²) in [6.07, 6.45) is 14.2. The van der Waals surface area contributed by atoms with Gasteiger partial charge in [0, 0.05) is 12.6 Å². The van der Waals surface area contributed by atoms with Crippen LogP contribution in [0.3, 0.4) is 0 Å². The zero-order chi connectivity index (χ0) is 13.1. The highest BCUT2D eigenvalue weighted by Gasteiger charge is 2.20. The summed E-state index contributed by atoms with van der Waals surface area (Å²) in [5, 5.41) is 3.65.